The summed E-state index contributed by atoms with van der Waals surface area (Å²) in [4.78, 5) is 48.0. The molecular formula is C41H62O16. The van der Waals surface area contributed by atoms with E-state index in [0.29, 0.717) is 25.7 Å². The summed E-state index contributed by atoms with van der Waals surface area (Å²) in [5.74, 6) is -5.72. The molecule has 1 heterocycles. The molecule has 4 saturated carbocycles. The third kappa shape index (κ3) is 6.93. The monoisotopic (exact) mass is 810 g/mol. The van der Waals surface area contributed by atoms with Crippen LogP contribution in [0.15, 0.2) is 11.6 Å². The van der Waals surface area contributed by atoms with Crippen LogP contribution in [-0.4, -0.2) is 127 Å². The maximum atomic E-state index is 13.0. The zero-order valence-electron chi connectivity index (χ0n) is 33.8. The third-order valence-electron chi connectivity index (χ3n) is 16.4. The fraction of sp³-hybridized carbons (Fsp3) is 0.854. The molecule has 16 nitrogen and oxygen atoms in total. The van der Waals surface area contributed by atoms with Gasteiger partial charge in [0, 0.05) is 5.41 Å². The summed E-state index contributed by atoms with van der Waals surface area (Å²) >= 11 is 0. The van der Waals surface area contributed by atoms with Crippen LogP contribution >= 0.6 is 0 Å². The van der Waals surface area contributed by atoms with E-state index in [1.807, 2.05) is 6.92 Å². The molecular weight excluding hydrogens is 748 g/mol. The molecule has 57 heavy (non-hydrogen) atoms. The normalized spacial score (nSPS) is 46.1. The molecule has 8 N–H and O–H groups in total. The molecule has 0 radical (unpaired) electrons. The fourth-order valence-corrected chi connectivity index (χ4v) is 13.0. The topological polar surface area (TPSA) is 267 Å². The first kappa shape index (κ1) is 43.9. The van der Waals surface area contributed by atoms with Crippen molar-refractivity contribution < 1.29 is 79.0 Å². The third-order valence-corrected chi connectivity index (χ3v) is 16.4. The van der Waals surface area contributed by atoms with Crippen molar-refractivity contribution in [3.8, 4) is 0 Å². The molecule has 0 amide bonds. The Kier molecular flexibility index (Phi) is 11.6. The number of rotatable bonds is 12. The molecule has 5 aliphatic carbocycles. The van der Waals surface area contributed by atoms with Crippen molar-refractivity contribution >= 4 is 23.9 Å². The first-order valence-electron chi connectivity index (χ1n) is 20.3. The number of hydrogen-bond donors (Lipinski definition) is 8. The second-order valence-electron chi connectivity index (χ2n) is 19.7. The van der Waals surface area contributed by atoms with E-state index in [0.717, 1.165) is 38.5 Å². The second kappa shape index (κ2) is 15.1. The first-order chi connectivity index (χ1) is 26.4. The highest BCUT2D eigenvalue weighted by atomic mass is 16.7. The van der Waals surface area contributed by atoms with E-state index in [4.69, 9.17) is 24.1 Å². The number of aliphatic hydroxyl groups excluding tert-OH is 4. The van der Waals surface area contributed by atoms with Crippen LogP contribution in [0.2, 0.25) is 0 Å². The Bertz CT molecular complexity index is 1630. The Balaban J connectivity index is 1.28. The minimum absolute atomic E-state index is 0.0331. The first-order valence-corrected chi connectivity index (χ1v) is 20.3. The van der Waals surface area contributed by atoms with Gasteiger partial charge in [-0.3, -0.25) is 4.79 Å². The molecule has 1 saturated heterocycles. The van der Waals surface area contributed by atoms with Crippen LogP contribution < -0.4 is 0 Å². The molecule has 1 aliphatic heterocycles. The van der Waals surface area contributed by atoms with Gasteiger partial charge in [0.1, 0.15) is 24.9 Å². The zero-order valence-corrected chi connectivity index (χ0v) is 33.8. The van der Waals surface area contributed by atoms with Gasteiger partial charge in [0.2, 0.25) is 6.10 Å². The van der Waals surface area contributed by atoms with Crippen LogP contribution in [-0.2, 0) is 38.1 Å². The SMILES string of the molecule is CC1(C)CC[C@]2(C(=O)O)CC[C@]3(C)C(=CC[C@@H]4[C@@]5(C)CC[C@H](O[C@@H]6O[C@H](C(=O)O)[C@@H](O)[C@H](O[C@H](OCC(=O)O)[C@H](O)C(=O)O)[C@H]6O)[C@@](C)(CO)[C@@H]5CC[C@]43C)[C@@H]2C1. The maximum absolute atomic E-state index is 13.0. The Labute approximate surface area is 332 Å². The van der Waals surface area contributed by atoms with E-state index in [1.165, 1.54) is 5.57 Å². The van der Waals surface area contributed by atoms with E-state index >= 15 is 0 Å². The van der Waals surface area contributed by atoms with Crippen LogP contribution in [0.4, 0.5) is 0 Å². The van der Waals surface area contributed by atoms with E-state index in [9.17, 15) is 54.9 Å². The van der Waals surface area contributed by atoms with Gasteiger partial charge in [-0.25, -0.2) is 14.4 Å². The highest BCUT2D eigenvalue weighted by Gasteiger charge is 2.70. The lowest BCUT2D eigenvalue weighted by Gasteiger charge is -2.71. The van der Waals surface area contributed by atoms with Gasteiger partial charge in [0.25, 0.3) is 0 Å². The number of allylic oxidation sites excluding steroid dienone is 2. The molecule has 6 rings (SSSR count). The fourth-order valence-electron chi connectivity index (χ4n) is 13.0. The van der Waals surface area contributed by atoms with Crippen molar-refractivity contribution in [2.45, 2.75) is 155 Å². The second-order valence-corrected chi connectivity index (χ2v) is 19.7. The summed E-state index contributed by atoms with van der Waals surface area (Å²) < 4.78 is 22.3. The largest absolute Gasteiger partial charge is 0.481 e. The Morgan fingerprint density at radius 3 is 2.14 bits per heavy atom. The number of fused-ring (bicyclic) bond motifs is 7. The van der Waals surface area contributed by atoms with E-state index in [2.05, 4.69) is 40.7 Å². The predicted molar refractivity (Wildman–Crippen MR) is 197 cm³/mol. The molecule has 0 aromatic carbocycles. The number of aliphatic hydroxyl groups is 4. The van der Waals surface area contributed by atoms with Crippen molar-refractivity contribution in [2.24, 2.45) is 50.2 Å². The molecule has 0 unspecified atom stereocenters. The highest BCUT2D eigenvalue weighted by Crippen LogP contribution is 2.76. The summed E-state index contributed by atoms with van der Waals surface area (Å²) in [6.07, 6.45) is -5.93. The molecule has 0 bridgehead atoms. The van der Waals surface area contributed by atoms with Crippen molar-refractivity contribution in [1.29, 1.82) is 0 Å². The quantitative estimate of drug-likeness (QED) is 0.0800. The summed E-state index contributed by atoms with van der Waals surface area (Å²) in [5, 5.41) is 82.9. The molecule has 5 fully saturated rings. The number of carboxylic acids is 4. The average Bonchev–Trinajstić information content (AvgIpc) is 3.12. The van der Waals surface area contributed by atoms with Gasteiger partial charge in [-0.15, -0.1) is 0 Å². The van der Waals surface area contributed by atoms with Gasteiger partial charge < -0.3 is 59.8 Å². The highest BCUT2D eigenvalue weighted by molar-refractivity contribution is 5.77. The van der Waals surface area contributed by atoms with E-state index < -0.39 is 90.5 Å². The standard InChI is InChI=1S/C41H62O16/c1-36(2)13-15-41(35(52)53)16-14-39(5)20(21(41)17-36)7-8-23-37(3)11-10-24(38(4,19-42)22(37)9-12-40(23,39)6)55-34-27(46)29(26(45)30(57-34)32(50)51)56-33(28(47)31(48)49)54-18-25(43)44/h7,21-24,26-30,33-34,42,45-47H,8-19H2,1-6H3,(H,43,44)(H,48,49)(H,50,51)(H,52,53)/t21-,22+,23+,24-,26-,27+,28+,29-,30-,33-,34+,37-,38-,39+,40+,41-/m0/s1. The number of carbonyl (C=O) groups is 4. The van der Waals surface area contributed by atoms with Crippen LogP contribution in [0.1, 0.15) is 106 Å². The van der Waals surface area contributed by atoms with Crippen molar-refractivity contribution in [3.05, 3.63) is 11.6 Å². The van der Waals surface area contributed by atoms with Gasteiger partial charge >= 0.3 is 23.9 Å². The van der Waals surface area contributed by atoms with Gasteiger partial charge in [0.05, 0.1) is 18.1 Å². The zero-order chi connectivity index (χ0) is 42.3. The van der Waals surface area contributed by atoms with Crippen LogP contribution in [0.5, 0.6) is 0 Å². The molecule has 0 aromatic rings. The lowest BCUT2D eigenvalue weighted by molar-refractivity contribution is -0.347. The van der Waals surface area contributed by atoms with Crippen molar-refractivity contribution in [1.82, 2.24) is 0 Å². The number of ether oxygens (including phenoxy) is 4. The van der Waals surface area contributed by atoms with Gasteiger partial charge in [-0.2, -0.15) is 0 Å². The average molecular weight is 811 g/mol. The van der Waals surface area contributed by atoms with Crippen LogP contribution in [0, 0.1) is 50.2 Å². The Morgan fingerprint density at radius 2 is 1.54 bits per heavy atom. The summed E-state index contributed by atoms with van der Waals surface area (Å²) in [6.45, 7) is 12.0. The lowest BCUT2D eigenvalue weighted by Crippen LogP contribution is -2.67. The van der Waals surface area contributed by atoms with Crippen molar-refractivity contribution in [2.75, 3.05) is 13.2 Å². The summed E-state index contributed by atoms with van der Waals surface area (Å²) in [5.41, 5.74) is -1.06. The number of aliphatic carboxylic acids is 4. The van der Waals surface area contributed by atoms with Crippen LogP contribution in [0.25, 0.3) is 0 Å². The number of carboxylic acid groups (broad SMARTS) is 4. The lowest BCUT2D eigenvalue weighted by atomic mass is 9.33. The number of hydrogen-bond acceptors (Lipinski definition) is 12. The molecule has 16 heteroatoms. The van der Waals surface area contributed by atoms with Gasteiger partial charge in [0.15, 0.2) is 18.7 Å². The van der Waals surface area contributed by atoms with Crippen LogP contribution in [0.3, 0.4) is 0 Å². The Hall–Kier alpha value is -2.70. The molecule has 16 atom stereocenters. The molecule has 0 aromatic heterocycles. The summed E-state index contributed by atoms with van der Waals surface area (Å²) in [6, 6.07) is 0. The molecule has 0 spiro atoms. The molecule has 6 aliphatic rings. The minimum atomic E-state index is -2.48. The van der Waals surface area contributed by atoms with E-state index in [1.54, 1.807) is 0 Å². The van der Waals surface area contributed by atoms with E-state index in [-0.39, 0.29) is 46.0 Å². The maximum Gasteiger partial charge on any atom is 0.337 e. The van der Waals surface area contributed by atoms with Gasteiger partial charge in [-0.05, 0) is 104 Å². The Morgan fingerprint density at radius 1 is 0.877 bits per heavy atom. The predicted octanol–water partition coefficient (Wildman–Crippen LogP) is 3.02. The van der Waals surface area contributed by atoms with Crippen molar-refractivity contribution in [3.63, 3.8) is 0 Å². The smallest absolute Gasteiger partial charge is 0.337 e. The molecule has 322 valence electrons. The summed E-state index contributed by atoms with van der Waals surface area (Å²) in [7, 11) is 0. The van der Waals surface area contributed by atoms with Gasteiger partial charge in [-0.1, -0.05) is 53.2 Å². The minimum Gasteiger partial charge on any atom is -0.481 e.